The molecule has 0 atom stereocenters. The van der Waals surface area contributed by atoms with Crippen molar-refractivity contribution >= 4 is 21.6 Å². The Balaban J connectivity index is 2.11. The van der Waals surface area contributed by atoms with Gasteiger partial charge in [0.1, 0.15) is 0 Å². The molecule has 0 bridgehead atoms. The van der Waals surface area contributed by atoms with E-state index in [1.807, 2.05) is 32.0 Å². The molecule has 0 heterocycles. The van der Waals surface area contributed by atoms with E-state index in [-0.39, 0.29) is 30.3 Å². The number of hydrogen-bond acceptors (Lipinski definition) is 4. The van der Waals surface area contributed by atoms with Crippen molar-refractivity contribution in [2.45, 2.75) is 25.2 Å². The van der Waals surface area contributed by atoms with Gasteiger partial charge in [-0.05, 0) is 43.2 Å². The predicted octanol–water partition coefficient (Wildman–Crippen LogP) is 1.72. The van der Waals surface area contributed by atoms with Gasteiger partial charge in [-0.25, -0.2) is 13.1 Å². The fourth-order valence-electron chi connectivity index (χ4n) is 2.39. The Morgan fingerprint density at radius 1 is 1.12 bits per heavy atom. The van der Waals surface area contributed by atoms with Crippen LogP contribution in [0.2, 0.25) is 0 Å². The molecule has 0 saturated carbocycles. The fourth-order valence-corrected chi connectivity index (χ4v) is 3.48. The lowest BCUT2D eigenvalue weighted by Gasteiger charge is -2.10. The maximum Gasteiger partial charge on any atom is 0.240 e. The molecular formula is C18H23N3O3S. The maximum atomic E-state index is 12.3. The fraction of sp³-hybridized carbons (Fsp3) is 0.278. The van der Waals surface area contributed by atoms with Gasteiger partial charge in [-0.15, -0.1) is 0 Å². The third-order valence-electron chi connectivity index (χ3n) is 3.72. The molecule has 0 radical (unpaired) electrons. The average molecular weight is 361 g/mol. The van der Waals surface area contributed by atoms with Crippen LogP contribution in [-0.4, -0.2) is 27.4 Å². The lowest BCUT2D eigenvalue weighted by molar-refractivity contribution is -0.115. The van der Waals surface area contributed by atoms with Crippen LogP contribution in [-0.2, 0) is 21.2 Å². The summed E-state index contributed by atoms with van der Waals surface area (Å²) in [7, 11) is -3.63. The molecule has 0 aliphatic carbocycles. The number of amides is 1. The minimum absolute atomic E-state index is 0.0884. The minimum Gasteiger partial charge on any atom is -0.329 e. The van der Waals surface area contributed by atoms with E-state index in [0.29, 0.717) is 5.69 Å². The second-order valence-electron chi connectivity index (χ2n) is 5.87. The van der Waals surface area contributed by atoms with Crippen molar-refractivity contribution in [3.8, 4) is 0 Å². The average Bonchev–Trinajstić information content (AvgIpc) is 2.56. The number of rotatable bonds is 7. The number of carbonyl (C=O) groups is 1. The summed E-state index contributed by atoms with van der Waals surface area (Å²) >= 11 is 0. The molecule has 0 aromatic heterocycles. The van der Waals surface area contributed by atoms with Gasteiger partial charge in [-0.3, -0.25) is 4.79 Å². The lowest BCUT2D eigenvalue weighted by atomic mass is 10.0. The number of carbonyl (C=O) groups excluding carboxylic acids is 1. The van der Waals surface area contributed by atoms with Crippen LogP contribution in [0.3, 0.4) is 0 Å². The molecule has 2 rings (SSSR count). The normalized spacial score (nSPS) is 11.3. The summed E-state index contributed by atoms with van der Waals surface area (Å²) in [6.07, 6.45) is 0.232. The van der Waals surface area contributed by atoms with Crippen LogP contribution in [0.5, 0.6) is 0 Å². The number of nitrogens with one attached hydrogen (secondary N) is 2. The topological polar surface area (TPSA) is 101 Å². The van der Waals surface area contributed by atoms with Crippen LogP contribution in [0.25, 0.3) is 0 Å². The van der Waals surface area contributed by atoms with Gasteiger partial charge in [0.15, 0.2) is 0 Å². The van der Waals surface area contributed by atoms with Gasteiger partial charge >= 0.3 is 0 Å². The Morgan fingerprint density at radius 2 is 1.88 bits per heavy atom. The lowest BCUT2D eigenvalue weighted by Crippen LogP contribution is -2.29. The Bertz CT molecular complexity index is 864. The van der Waals surface area contributed by atoms with Gasteiger partial charge in [0, 0.05) is 18.8 Å². The maximum absolute atomic E-state index is 12.3. The van der Waals surface area contributed by atoms with Gasteiger partial charge in [0.25, 0.3) is 0 Å². The highest BCUT2D eigenvalue weighted by Gasteiger charge is 2.14. The van der Waals surface area contributed by atoms with E-state index >= 15 is 0 Å². The second kappa shape index (κ2) is 8.24. The SMILES string of the molecule is Cc1ccc(C)c(CC(=O)Nc2cccc(S(=O)(=O)NCCN)c2)c1. The number of anilines is 1. The van der Waals surface area contributed by atoms with E-state index < -0.39 is 10.0 Å². The molecule has 0 spiro atoms. The Kier molecular flexibility index (Phi) is 6.30. The van der Waals surface area contributed by atoms with Crippen molar-refractivity contribution in [1.82, 2.24) is 4.72 Å². The molecule has 0 saturated heterocycles. The quantitative estimate of drug-likeness (QED) is 0.699. The molecule has 0 fully saturated rings. The Hall–Kier alpha value is -2.22. The monoisotopic (exact) mass is 361 g/mol. The molecule has 7 heteroatoms. The molecule has 0 aliphatic rings. The smallest absolute Gasteiger partial charge is 0.240 e. The van der Waals surface area contributed by atoms with Gasteiger partial charge in [-0.1, -0.05) is 29.8 Å². The molecule has 0 aliphatic heterocycles. The van der Waals surface area contributed by atoms with Crippen LogP contribution in [0.1, 0.15) is 16.7 Å². The molecule has 2 aromatic carbocycles. The summed E-state index contributed by atoms with van der Waals surface area (Å²) in [5.41, 5.74) is 8.84. The number of aryl methyl sites for hydroxylation is 2. The molecule has 6 nitrogen and oxygen atoms in total. The summed E-state index contributed by atoms with van der Waals surface area (Å²) in [4.78, 5) is 12.4. The summed E-state index contributed by atoms with van der Waals surface area (Å²) in [5.74, 6) is -0.196. The van der Waals surface area contributed by atoms with E-state index in [2.05, 4.69) is 10.0 Å². The summed E-state index contributed by atoms with van der Waals surface area (Å²) in [6, 6.07) is 12.1. The third kappa shape index (κ3) is 5.38. The number of nitrogens with two attached hydrogens (primary N) is 1. The molecule has 4 N–H and O–H groups in total. The standard InChI is InChI=1S/C18H23N3O3S/c1-13-6-7-14(2)15(10-13)11-18(22)21-16-4-3-5-17(12-16)25(23,24)20-9-8-19/h3-7,10,12,20H,8-9,11,19H2,1-2H3,(H,21,22). The van der Waals surface area contributed by atoms with E-state index in [0.717, 1.165) is 16.7 Å². The number of hydrogen-bond donors (Lipinski definition) is 3. The first-order valence-corrected chi connectivity index (χ1v) is 9.46. The molecule has 0 unspecified atom stereocenters. The highest BCUT2D eigenvalue weighted by molar-refractivity contribution is 7.89. The van der Waals surface area contributed by atoms with Gasteiger partial charge in [0.05, 0.1) is 11.3 Å². The van der Waals surface area contributed by atoms with E-state index in [9.17, 15) is 13.2 Å². The first-order chi connectivity index (χ1) is 11.8. The first-order valence-electron chi connectivity index (χ1n) is 7.97. The van der Waals surface area contributed by atoms with Gasteiger partial charge in [0.2, 0.25) is 15.9 Å². The van der Waals surface area contributed by atoms with Crippen LogP contribution in [0.4, 0.5) is 5.69 Å². The van der Waals surface area contributed by atoms with Crippen LogP contribution >= 0.6 is 0 Å². The third-order valence-corrected chi connectivity index (χ3v) is 5.18. The van der Waals surface area contributed by atoms with Crippen molar-refractivity contribution in [1.29, 1.82) is 0 Å². The van der Waals surface area contributed by atoms with Crippen LogP contribution < -0.4 is 15.8 Å². The van der Waals surface area contributed by atoms with Crippen molar-refractivity contribution in [3.63, 3.8) is 0 Å². The Morgan fingerprint density at radius 3 is 2.60 bits per heavy atom. The second-order valence-corrected chi connectivity index (χ2v) is 7.64. The summed E-state index contributed by atoms with van der Waals surface area (Å²) < 4.78 is 26.6. The molecule has 1 amide bonds. The highest BCUT2D eigenvalue weighted by atomic mass is 32.2. The molecular weight excluding hydrogens is 338 g/mol. The largest absolute Gasteiger partial charge is 0.329 e. The highest BCUT2D eigenvalue weighted by Crippen LogP contribution is 2.17. The zero-order valence-electron chi connectivity index (χ0n) is 14.4. The van der Waals surface area contributed by atoms with Crippen molar-refractivity contribution < 1.29 is 13.2 Å². The van der Waals surface area contributed by atoms with E-state index in [1.54, 1.807) is 12.1 Å². The Labute approximate surface area is 148 Å². The zero-order valence-corrected chi connectivity index (χ0v) is 15.2. The minimum atomic E-state index is -3.63. The van der Waals surface area contributed by atoms with E-state index in [4.69, 9.17) is 5.73 Å². The number of sulfonamides is 1. The van der Waals surface area contributed by atoms with Crippen molar-refractivity contribution in [2.24, 2.45) is 5.73 Å². The molecule has 2 aromatic rings. The predicted molar refractivity (Wildman–Crippen MR) is 98.9 cm³/mol. The summed E-state index contributed by atoms with van der Waals surface area (Å²) in [6.45, 7) is 4.30. The van der Waals surface area contributed by atoms with Crippen molar-refractivity contribution in [2.75, 3.05) is 18.4 Å². The van der Waals surface area contributed by atoms with Crippen molar-refractivity contribution in [3.05, 3.63) is 59.2 Å². The first kappa shape index (κ1) is 19.1. The van der Waals surface area contributed by atoms with Crippen LogP contribution in [0, 0.1) is 13.8 Å². The summed E-state index contributed by atoms with van der Waals surface area (Å²) in [5, 5.41) is 2.75. The zero-order chi connectivity index (χ0) is 18.4. The molecule has 25 heavy (non-hydrogen) atoms. The van der Waals surface area contributed by atoms with Gasteiger partial charge < -0.3 is 11.1 Å². The van der Waals surface area contributed by atoms with Gasteiger partial charge in [-0.2, -0.15) is 0 Å². The number of benzene rings is 2. The van der Waals surface area contributed by atoms with E-state index in [1.165, 1.54) is 12.1 Å². The molecule has 134 valence electrons. The van der Waals surface area contributed by atoms with Crippen LogP contribution in [0.15, 0.2) is 47.4 Å².